The van der Waals surface area contributed by atoms with Gasteiger partial charge < -0.3 is 19.4 Å². The van der Waals surface area contributed by atoms with Crippen LogP contribution in [0.4, 0.5) is 5.00 Å². The summed E-state index contributed by atoms with van der Waals surface area (Å²) in [7, 11) is 0. The number of nitrogens with zero attached hydrogens (tertiary/aromatic N) is 3. The number of benzene rings is 1. The molecule has 1 amide bonds. The second-order valence-corrected chi connectivity index (χ2v) is 9.70. The molecule has 34 heavy (non-hydrogen) atoms. The molecular formula is C24H30N4O4S2. The number of aromatic nitrogens is 3. The maximum absolute atomic E-state index is 12.6. The summed E-state index contributed by atoms with van der Waals surface area (Å²) in [4.78, 5) is 25.7. The maximum Gasteiger partial charge on any atom is 0.341 e. The molecule has 0 aliphatic carbocycles. The molecule has 1 aromatic carbocycles. The highest BCUT2D eigenvalue weighted by Gasteiger charge is 2.21. The van der Waals surface area contributed by atoms with Crippen LogP contribution < -0.4 is 10.1 Å². The molecule has 0 spiro atoms. The fourth-order valence-electron chi connectivity index (χ4n) is 3.33. The molecule has 3 aromatic rings. The van der Waals surface area contributed by atoms with Crippen LogP contribution in [0.5, 0.6) is 5.75 Å². The van der Waals surface area contributed by atoms with Gasteiger partial charge in [0.25, 0.3) is 0 Å². The van der Waals surface area contributed by atoms with Crippen LogP contribution in [0.25, 0.3) is 0 Å². The van der Waals surface area contributed by atoms with Gasteiger partial charge in [-0.1, -0.05) is 30.8 Å². The Balaban J connectivity index is 1.63. The third-order valence-corrected chi connectivity index (χ3v) is 6.94. The molecule has 0 bridgehead atoms. The molecular weight excluding hydrogens is 472 g/mol. The molecule has 0 fully saturated rings. The van der Waals surface area contributed by atoms with Gasteiger partial charge in [-0.3, -0.25) is 4.79 Å². The number of hydrogen-bond donors (Lipinski definition) is 1. The summed E-state index contributed by atoms with van der Waals surface area (Å²) in [6.07, 6.45) is 0.675. The van der Waals surface area contributed by atoms with Gasteiger partial charge in [0.1, 0.15) is 10.8 Å². The number of rotatable bonds is 11. The molecule has 3 rings (SSSR count). The summed E-state index contributed by atoms with van der Waals surface area (Å²) in [5.41, 5.74) is 1.63. The van der Waals surface area contributed by atoms with E-state index in [0.29, 0.717) is 28.1 Å². The van der Waals surface area contributed by atoms with Crippen molar-refractivity contribution in [1.82, 2.24) is 14.8 Å². The van der Waals surface area contributed by atoms with E-state index in [0.717, 1.165) is 17.0 Å². The van der Waals surface area contributed by atoms with Crippen LogP contribution in [0.3, 0.4) is 0 Å². The van der Waals surface area contributed by atoms with Crippen molar-refractivity contribution < 1.29 is 19.1 Å². The fraction of sp³-hybridized carbons (Fsp3) is 0.417. The van der Waals surface area contributed by atoms with Gasteiger partial charge >= 0.3 is 5.97 Å². The number of hydrogen-bond acceptors (Lipinski definition) is 8. The number of anilines is 1. The van der Waals surface area contributed by atoms with E-state index in [1.807, 2.05) is 37.5 Å². The van der Waals surface area contributed by atoms with Crippen molar-refractivity contribution in [3.63, 3.8) is 0 Å². The summed E-state index contributed by atoms with van der Waals surface area (Å²) >= 11 is 2.64. The van der Waals surface area contributed by atoms with Crippen LogP contribution in [-0.2, 0) is 22.5 Å². The lowest BCUT2D eigenvalue weighted by Crippen LogP contribution is -2.16. The molecule has 182 valence electrons. The highest BCUT2D eigenvalue weighted by molar-refractivity contribution is 7.99. The Morgan fingerprint density at radius 3 is 2.56 bits per heavy atom. The molecule has 0 saturated carbocycles. The number of thioether (sulfide) groups is 1. The number of nitrogens with one attached hydrogen (secondary N) is 1. The molecule has 1 atom stereocenters. The van der Waals surface area contributed by atoms with E-state index in [4.69, 9.17) is 9.47 Å². The SMILES string of the molecule is CCOC(=O)c1cc(C)sc1NC(=O)CSc1nnc(C(C)Oc2ccc(CC)cc2)n1CC. The standard InChI is InChI=1S/C24H30N4O4S2/c1-6-17-9-11-18(12-10-17)32-16(5)21-26-27-24(28(21)7-2)33-14-20(29)25-22-19(13-15(4)34-22)23(30)31-8-3/h9-13,16H,6-8,14H2,1-5H3,(H,25,29). The Kier molecular flexibility index (Phi) is 9.12. The zero-order chi connectivity index (χ0) is 24.7. The van der Waals surface area contributed by atoms with Gasteiger partial charge in [-0.2, -0.15) is 0 Å². The van der Waals surface area contributed by atoms with Gasteiger partial charge in [0.05, 0.1) is 17.9 Å². The van der Waals surface area contributed by atoms with E-state index in [1.54, 1.807) is 13.0 Å². The smallest absolute Gasteiger partial charge is 0.341 e. The highest BCUT2D eigenvalue weighted by atomic mass is 32.2. The largest absolute Gasteiger partial charge is 0.483 e. The van der Waals surface area contributed by atoms with Gasteiger partial charge in [0, 0.05) is 11.4 Å². The number of ether oxygens (including phenoxy) is 2. The third kappa shape index (κ3) is 6.38. The van der Waals surface area contributed by atoms with Crippen LogP contribution in [0.15, 0.2) is 35.5 Å². The Labute approximate surface area is 208 Å². The zero-order valence-electron chi connectivity index (χ0n) is 20.1. The summed E-state index contributed by atoms with van der Waals surface area (Å²) < 4.78 is 13.1. The van der Waals surface area contributed by atoms with Crippen LogP contribution in [0.1, 0.15) is 60.4 Å². The predicted molar refractivity (Wildman–Crippen MR) is 135 cm³/mol. The first-order valence-electron chi connectivity index (χ1n) is 11.2. The molecule has 8 nitrogen and oxygen atoms in total. The van der Waals surface area contributed by atoms with E-state index in [9.17, 15) is 9.59 Å². The molecule has 0 radical (unpaired) electrons. The van der Waals surface area contributed by atoms with Gasteiger partial charge in [0.2, 0.25) is 5.91 Å². The Bertz CT molecular complexity index is 1120. The number of thiophene rings is 1. The summed E-state index contributed by atoms with van der Waals surface area (Å²) in [5.74, 6) is 0.926. The molecule has 10 heteroatoms. The van der Waals surface area contributed by atoms with Crippen LogP contribution >= 0.6 is 23.1 Å². The minimum Gasteiger partial charge on any atom is -0.483 e. The number of esters is 1. The number of amides is 1. The summed E-state index contributed by atoms with van der Waals surface area (Å²) in [6.45, 7) is 10.6. The van der Waals surface area contributed by atoms with E-state index in [-0.39, 0.29) is 24.4 Å². The normalized spacial score (nSPS) is 11.8. The summed E-state index contributed by atoms with van der Waals surface area (Å²) in [6, 6.07) is 9.74. The fourth-order valence-corrected chi connectivity index (χ4v) is 5.05. The minimum atomic E-state index is -0.441. The van der Waals surface area contributed by atoms with Crippen LogP contribution in [0.2, 0.25) is 0 Å². The number of carbonyl (C=O) groups excluding carboxylic acids is 2. The average Bonchev–Trinajstić information content (AvgIpc) is 3.41. The van der Waals surface area contributed by atoms with Crippen molar-refractivity contribution in [2.75, 3.05) is 17.7 Å². The Hall–Kier alpha value is -2.85. The molecule has 1 N–H and O–H groups in total. The molecule has 2 heterocycles. The topological polar surface area (TPSA) is 95.3 Å². The van der Waals surface area contributed by atoms with E-state index in [2.05, 4.69) is 34.6 Å². The number of aryl methyl sites for hydroxylation is 2. The lowest BCUT2D eigenvalue weighted by Gasteiger charge is -2.16. The lowest BCUT2D eigenvalue weighted by atomic mass is 10.2. The molecule has 2 aromatic heterocycles. The highest BCUT2D eigenvalue weighted by Crippen LogP contribution is 2.29. The van der Waals surface area contributed by atoms with Crippen molar-refractivity contribution in [1.29, 1.82) is 0 Å². The van der Waals surface area contributed by atoms with Crippen LogP contribution in [0, 0.1) is 6.92 Å². The zero-order valence-corrected chi connectivity index (χ0v) is 21.7. The van der Waals surface area contributed by atoms with Crippen molar-refractivity contribution in [3.05, 3.63) is 52.2 Å². The lowest BCUT2D eigenvalue weighted by molar-refractivity contribution is -0.113. The first-order valence-corrected chi connectivity index (χ1v) is 13.0. The van der Waals surface area contributed by atoms with Crippen molar-refractivity contribution in [3.8, 4) is 5.75 Å². The van der Waals surface area contributed by atoms with E-state index < -0.39 is 5.97 Å². The van der Waals surface area contributed by atoms with Crippen molar-refractivity contribution >= 4 is 40.0 Å². The Morgan fingerprint density at radius 2 is 1.91 bits per heavy atom. The molecule has 0 aliphatic rings. The summed E-state index contributed by atoms with van der Waals surface area (Å²) in [5, 5.41) is 12.5. The van der Waals surface area contributed by atoms with Gasteiger partial charge in [-0.25, -0.2) is 4.79 Å². The Morgan fingerprint density at radius 1 is 1.18 bits per heavy atom. The molecule has 0 aliphatic heterocycles. The van der Waals surface area contributed by atoms with E-state index >= 15 is 0 Å². The van der Waals surface area contributed by atoms with E-state index in [1.165, 1.54) is 28.7 Å². The average molecular weight is 503 g/mol. The van der Waals surface area contributed by atoms with Crippen molar-refractivity contribution in [2.45, 2.75) is 58.8 Å². The van der Waals surface area contributed by atoms with Gasteiger partial charge in [0.15, 0.2) is 17.1 Å². The quantitative estimate of drug-likeness (QED) is 0.282. The maximum atomic E-state index is 12.6. The first-order chi connectivity index (χ1) is 16.4. The monoisotopic (exact) mass is 502 g/mol. The van der Waals surface area contributed by atoms with Gasteiger partial charge in [-0.05, 0) is 57.9 Å². The third-order valence-electron chi connectivity index (χ3n) is 5.01. The predicted octanol–water partition coefficient (Wildman–Crippen LogP) is 5.28. The second kappa shape index (κ2) is 12.0. The second-order valence-electron chi connectivity index (χ2n) is 7.50. The van der Waals surface area contributed by atoms with Crippen molar-refractivity contribution in [2.24, 2.45) is 0 Å². The first kappa shape index (κ1) is 25.8. The molecule has 0 saturated heterocycles. The van der Waals surface area contributed by atoms with Crippen LogP contribution in [-0.4, -0.2) is 39.0 Å². The minimum absolute atomic E-state index is 0.130. The van der Waals surface area contributed by atoms with Gasteiger partial charge in [-0.15, -0.1) is 21.5 Å². The number of carbonyl (C=O) groups is 2. The molecule has 1 unspecified atom stereocenters.